The van der Waals surface area contributed by atoms with E-state index in [2.05, 4.69) is 9.97 Å². The number of rotatable bonds is 2. The number of fused-ring (bicyclic) bond motifs is 1. The molecule has 0 bridgehead atoms. The van der Waals surface area contributed by atoms with Gasteiger partial charge in [-0.05, 0) is 49.3 Å². The van der Waals surface area contributed by atoms with Gasteiger partial charge in [0.15, 0.2) is 0 Å². The quantitative estimate of drug-likeness (QED) is 0.656. The Morgan fingerprint density at radius 1 is 1.11 bits per heavy atom. The second-order valence-electron chi connectivity index (χ2n) is 5.58. The summed E-state index contributed by atoms with van der Waals surface area (Å²) in [7, 11) is 0. The molecule has 1 aromatic heterocycles. The summed E-state index contributed by atoms with van der Waals surface area (Å²) in [6.07, 6.45) is 4.29. The van der Waals surface area contributed by atoms with Crippen molar-refractivity contribution >= 4 is 11.0 Å². The summed E-state index contributed by atoms with van der Waals surface area (Å²) in [4.78, 5) is 16.8. The molecule has 0 aliphatic heterocycles. The molecule has 3 rings (SSSR count). The third-order valence-electron chi connectivity index (χ3n) is 4.25. The Bertz CT molecular complexity index is 622. The first-order chi connectivity index (χ1) is 9.13. The molecule has 1 atom stereocenters. The standard InChI is InChI=1S/C14H20N4O/c15-10-4-1-8(2-5-10)13(16)9-3-6-11-12(7-9)18-14(19)17-11/h3,6-8,10,13H,1-2,4-5,15-16H2,(H2,17,18,19). The Morgan fingerprint density at radius 2 is 1.79 bits per heavy atom. The smallest absolute Gasteiger partial charge is 0.323 e. The molecule has 102 valence electrons. The fourth-order valence-corrected chi connectivity index (χ4v) is 3.03. The van der Waals surface area contributed by atoms with Gasteiger partial charge in [-0.3, -0.25) is 0 Å². The number of benzene rings is 1. The lowest BCUT2D eigenvalue weighted by Gasteiger charge is -2.30. The summed E-state index contributed by atoms with van der Waals surface area (Å²) in [5.41, 5.74) is 14.9. The van der Waals surface area contributed by atoms with Crippen molar-refractivity contribution in [2.24, 2.45) is 17.4 Å². The Balaban J connectivity index is 1.84. The Morgan fingerprint density at radius 3 is 2.53 bits per heavy atom. The highest BCUT2D eigenvalue weighted by atomic mass is 16.1. The molecule has 0 radical (unpaired) electrons. The third kappa shape index (κ3) is 2.43. The average molecular weight is 260 g/mol. The van der Waals surface area contributed by atoms with Crippen molar-refractivity contribution in [3.05, 3.63) is 34.2 Å². The number of hydrogen-bond acceptors (Lipinski definition) is 3. The summed E-state index contributed by atoms with van der Waals surface area (Å²) in [5.74, 6) is 0.489. The monoisotopic (exact) mass is 260 g/mol. The van der Waals surface area contributed by atoms with Gasteiger partial charge in [0.25, 0.3) is 0 Å². The van der Waals surface area contributed by atoms with Crippen LogP contribution in [0, 0.1) is 5.92 Å². The predicted octanol–water partition coefficient (Wildman–Crippen LogP) is 1.37. The zero-order valence-corrected chi connectivity index (χ0v) is 10.9. The second-order valence-corrected chi connectivity index (χ2v) is 5.58. The van der Waals surface area contributed by atoms with E-state index in [-0.39, 0.29) is 11.7 Å². The molecule has 1 unspecified atom stereocenters. The zero-order chi connectivity index (χ0) is 13.4. The Kier molecular flexibility index (Phi) is 3.16. The molecule has 0 amide bonds. The molecule has 1 fully saturated rings. The number of nitrogens with two attached hydrogens (primary N) is 2. The number of imidazole rings is 1. The summed E-state index contributed by atoms with van der Waals surface area (Å²) in [6.45, 7) is 0. The van der Waals surface area contributed by atoms with E-state index >= 15 is 0 Å². The van der Waals surface area contributed by atoms with Crippen LogP contribution in [0.15, 0.2) is 23.0 Å². The molecule has 5 nitrogen and oxygen atoms in total. The lowest BCUT2D eigenvalue weighted by molar-refractivity contribution is 0.285. The van der Waals surface area contributed by atoms with Crippen LogP contribution in [-0.4, -0.2) is 16.0 Å². The van der Waals surface area contributed by atoms with Crippen LogP contribution in [0.1, 0.15) is 37.3 Å². The fourth-order valence-electron chi connectivity index (χ4n) is 3.03. The number of nitrogens with one attached hydrogen (secondary N) is 2. The summed E-state index contributed by atoms with van der Waals surface area (Å²) < 4.78 is 0. The molecule has 0 saturated heterocycles. The van der Waals surface area contributed by atoms with Crippen molar-refractivity contribution < 1.29 is 0 Å². The number of aromatic nitrogens is 2. The molecule has 1 aliphatic carbocycles. The molecule has 2 aromatic rings. The van der Waals surface area contributed by atoms with E-state index in [0.29, 0.717) is 12.0 Å². The van der Waals surface area contributed by atoms with E-state index in [1.54, 1.807) is 0 Å². The van der Waals surface area contributed by atoms with Gasteiger partial charge in [-0.25, -0.2) is 4.79 Å². The van der Waals surface area contributed by atoms with E-state index in [0.717, 1.165) is 42.3 Å². The molecule has 6 N–H and O–H groups in total. The van der Waals surface area contributed by atoms with Crippen molar-refractivity contribution in [3.8, 4) is 0 Å². The maximum atomic E-state index is 11.3. The van der Waals surface area contributed by atoms with Gasteiger partial charge in [0, 0.05) is 12.1 Å². The van der Waals surface area contributed by atoms with E-state index in [9.17, 15) is 4.79 Å². The van der Waals surface area contributed by atoms with Crippen LogP contribution in [-0.2, 0) is 0 Å². The van der Waals surface area contributed by atoms with Crippen LogP contribution < -0.4 is 17.2 Å². The van der Waals surface area contributed by atoms with E-state index < -0.39 is 0 Å². The van der Waals surface area contributed by atoms with Crippen molar-refractivity contribution in [3.63, 3.8) is 0 Å². The SMILES string of the molecule is NC1CCC(C(N)c2ccc3[nH]c(=O)[nH]c3c2)CC1. The van der Waals surface area contributed by atoms with Gasteiger partial charge >= 0.3 is 5.69 Å². The summed E-state index contributed by atoms with van der Waals surface area (Å²) in [5, 5.41) is 0. The fraction of sp³-hybridized carbons (Fsp3) is 0.500. The van der Waals surface area contributed by atoms with E-state index in [1.165, 1.54) is 0 Å². The van der Waals surface area contributed by atoms with Crippen molar-refractivity contribution in [2.75, 3.05) is 0 Å². The van der Waals surface area contributed by atoms with Crippen molar-refractivity contribution in [2.45, 2.75) is 37.8 Å². The first-order valence-electron chi connectivity index (χ1n) is 6.86. The first-order valence-corrected chi connectivity index (χ1v) is 6.86. The zero-order valence-electron chi connectivity index (χ0n) is 10.9. The molecule has 1 heterocycles. The first kappa shape index (κ1) is 12.4. The highest BCUT2D eigenvalue weighted by Crippen LogP contribution is 2.33. The topological polar surface area (TPSA) is 101 Å². The molecule has 0 spiro atoms. The average Bonchev–Trinajstić information content (AvgIpc) is 2.77. The van der Waals surface area contributed by atoms with Crippen LogP contribution in [0.5, 0.6) is 0 Å². The minimum absolute atomic E-state index is 0.0234. The minimum Gasteiger partial charge on any atom is -0.328 e. The van der Waals surface area contributed by atoms with Crippen LogP contribution >= 0.6 is 0 Å². The van der Waals surface area contributed by atoms with E-state index in [4.69, 9.17) is 11.5 Å². The molecule has 5 heteroatoms. The molecule has 1 aromatic carbocycles. The largest absolute Gasteiger partial charge is 0.328 e. The summed E-state index contributed by atoms with van der Waals surface area (Å²) >= 11 is 0. The maximum Gasteiger partial charge on any atom is 0.323 e. The lowest BCUT2D eigenvalue weighted by Crippen LogP contribution is -2.31. The normalized spacial score (nSPS) is 25.6. The van der Waals surface area contributed by atoms with Crippen LogP contribution in [0.4, 0.5) is 0 Å². The number of hydrogen-bond donors (Lipinski definition) is 4. The lowest BCUT2D eigenvalue weighted by atomic mass is 9.80. The van der Waals surface area contributed by atoms with Crippen molar-refractivity contribution in [1.29, 1.82) is 0 Å². The van der Waals surface area contributed by atoms with Gasteiger partial charge in [0.2, 0.25) is 0 Å². The molecular formula is C14H20N4O. The molecule has 1 saturated carbocycles. The molecule has 19 heavy (non-hydrogen) atoms. The third-order valence-corrected chi connectivity index (χ3v) is 4.25. The van der Waals surface area contributed by atoms with Gasteiger partial charge in [-0.2, -0.15) is 0 Å². The predicted molar refractivity (Wildman–Crippen MR) is 75.8 cm³/mol. The Hall–Kier alpha value is -1.59. The van der Waals surface area contributed by atoms with Gasteiger partial charge in [0.05, 0.1) is 11.0 Å². The van der Waals surface area contributed by atoms with Crippen LogP contribution in [0.2, 0.25) is 0 Å². The maximum absolute atomic E-state index is 11.3. The van der Waals surface area contributed by atoms with Gasteiger partial charge in [0.1, 0.15) is 0 Å². The van der Waals surface area contributed by atoms with Gasteiger partial charge in [-0.15, -0.1) is 0 Å². The van der Waals surface area contributed by atoms with Gasteiger partial charge < -0.3 is 21.4 Å². The minimum atomic E-state index is -0.177. The van der Waals surface area contributed by atoms with Gasteiger partial charge in [-0.1, -0.05) is 6.07 Å². The highest BCUT2D eigenvalue weighted by Gasteiger charge is 2.25. The van der Waals surface area contributed by atoms with Crippen molar-refractivity contribution in [1.82, 2.24) is 9.97 Å². The summed E-state index contributed by atoms with van der Waals surface area (Å²) in [6, 6.07) is 6.26. The van der Waals surface area contributed by atoms with Crippen LogP contribution in [0.25, 0.3) is 11.0 Å². The number of aromatic amines is 2. The molecular weight excluding hydrogens is 240 g/mol. The molecule has 1 aliphatic rings. The van der Waals surface area contributed by atoms with E-state index in [1.807, 2.05) is 18.2 Å². The van der Waals surface area contributed by atoms with Crippen LogP contribution in [0.3, 0.4) is 0 Å². The Labute approximate surface area is 111 Å². The highest BCUT2D eigenvalue weighted by molar-refractivity contribution is 5.75. The number of H-pyrrole nitrogens is 2. The second kappa shape index (κ2) is 4.83.